The summed E-state index contributed by atoms with van der Waals surface area (Å²) in [4.78, 5) is 46.0. The van der Waals surface area contributed by atoms with Crippen LogP contribution in [0.1, 0.15) is 49.7 Å². The van der Waals surface area contributed by atoms with Crippen molar-refractivity contribution in [3.8, 4) is 0 Å². The molecule has 3 amide bonds. The average Bonchev–Trinajstić information content (AvgIpc) is 3.30. The van der Waals surface area contributed by atoms with Crippen LogP contribution in [0.4, 0.5) is 5.13 Å². The zero-order valence-electron chi connectivity index (χ0n) is 21.8. The van der Waals surface area contributed by atoms with Crippen molar-refractivity contribution in [1.29, 1.82) is 0 Å². The maximum atomic E-state index is 12.8. The van der Waals surface area contributed by atoms with Crippen LogP contribution in [-0.2, 0) is 20.7 Å². The van der Waals surface area contributed by atoms with E-state index in [-0.39, 0.29) is 43.3 Å². The van der Waals surface area contributed by atoms with Gasteiger partial charge in [0, 0.05) is 30.6 Å². The molecule has 0 bridgehead atoms. The molecule has 198 valence electrons. The van der Waals surface area contributed by atoms with Crippen LogP contribution in [0.25, 0.3) is 0 Å². The third kappa shape index (κ3) is 10.4. The molecule has 2 rings (SSSR count). The van der Waals surface area contributed by atoms with Gasteiger partial charge in [-0.25, -0.2) is 4.98 Å². The number of carbonyl (C=O) groups is 3. The Bertz CT molecular complexity index is 949. The van der Waals surface area contributed by atoms with E-state index in [0.717, 1.165) is 32.5 Å². The van der Waals surface area contributed by atoms with Gasteiger partial charge in [-0.3, -0.25) is 14.4 Å². The van der Waals surface area contributed by atoms with Crippen LogP contribution in [-0.4, -0.2) is 85.0 Å². The monoisotopic (exact) mass is 517 g/mol. The van der Waals surface area contributed by atoms with Crippen molar-refractivity contribution >= 4 is 34.2 Å². The van der Waals surface area contributed by atoms with Crippen LogP contribution in [0.15, 0.2) is 35.7 Å². The molecule has 10 heteroatoms. The van der Waals surface area contributed by atoms with Crippen LogP contribution in [0.5, 0.6) is 0 Å². The SMILES string of the molecule is CCN(CC)CCCC(C)NC(=O)Cc1csc(NC(=O)CN(CCOC)C(=O)c2ccccc2)n1. The Hall–Kier alpha value is -2.82. The number of rotatable bonds is 16. The lowest BCUT2D eigenvalue weighted by atomic mass is 10.1. The van der Waals surface area contributed by atoms with Crippen LogP contribution < -0.4 is 10.6 Å². The normalized spacial score (nSPS) is 11.8. The summed E-state index contributed by atoms with van der Waals surface area (Å²) >= 11 is 1.25. The molecule has 0 aliphatic carbocycles. The molecule has 1 unspecified atom stereocenters. The quantitative estimate of drug-likeness (QED) is 0.355. The predicted molar refractivity (Wildman–Crippen MR) is 143 cm³/mol. The van der Waals surface area contributed by atoms with Crippen molar-refractivity contribution in [2.75, 3.05) is 51.8 Å². The number of anilines is 1. The minimum absolute atomic E-state index is 0.0890. The number of nitrogens with one attached hydrogen (secondary N) is 2. The third-order valence-corrected chi connectivity index (χ3v) is 6.57. The maximum Gasteiger partial charge on any atom is 0.254 e. The van der Waals surface area contributed by atoms with E-state index in [2.05, 4.69) is 34.4 Å². The Morgan fingerprint density at radius 3 is 2.47 bits per heavy atom. The molecule has 2 N–H and O–H groups in total. The van der Waals surface area contributed by atoms with Crippen molar-refractivity contribution in [3.63, 3.8) is 0 Å². The Morgan fingerprint density at radius 1 is 1.08 bits per heavy atom. The molecule has 9 nitrogen and oxygen atoms in total. The van der Waals surface area contributed by atoms with E-state index in [1.807, 2.05) is 13.0 Å². The van der Waals surface area contributed by atoms with Gasteiger partial charge in [0.2, 0.25) is 11.8 Å². The summed E-state index contributed by atoms with van der Waals surface area (Å²) in [5.74, 6) is -0.694. The Balaban J connectivity index is 1.83. The van der Waals surface area contributed by atoms with E-state index in [0.29, 0.717) is 23.0 Å². The van der Waals surface area contributed by atoms with Crippen molar-refractivity contribution < 1.29 is 19.1 Å². The number of carbonyl (C=O) groups excluding carboxylic acids is 3. The highest BCUT2D eigenvalue weighted by molar-refractivity contribution is 7.13. The molecular weight excluding hydrogens is 478 g/mol. The molecule has 1 heterocycles. The van der Waals surface area contributed by atoms with Gasteiger partial charge in [0.1, 0.15) is 6.54 Å². The van der Waals surface area contributed by atoms with Crippen LogP contribution in [0.3, 0.4) is 0 Å². The topological polar surface area (TPSA) is 104 Å². The van der Waals surface area contributed by atoms with E-state index < -0.39 is 0 Å². The highest BCUT2D eigenvalue weighted by Gasteiger charge is 2.19. The molecular formula is C26H39N5O4S. The number of amides is 3. The molecule has 0 saturated heterocycles. The van der Waals surface area contributed by atoms with Gasteiger partial charge in [0.25, 0.3) is 5.91 Å². The fourth-order valence-electron chi connectivity index (χ4n) is 3.72. The number of methoxy groups -OCH3 is 1. The maximum absolute atomic E-state index is 12.8. The Kier molecular flexibility index (Phi) is 13.1. The van der Waals surface area contributed by atoms with E-state index >= 15 is 0 Å². The van der Waals surface area contributed by atoms with Gasteiger partial charge in [0.15, 0.2) is 5.13 Å². The van der Waals surface area contributed by atoms with Crippen molar-refractivity contribution in [2.45, 2.75) is 46.1 Å². The second-order valence-corrected chi connectivity index (χ2v) is 9.45. The van der Waals surface area contributed by atoms with Gasteiger partial charge in [-0.05, 0) is 51.5 Å². The molecule has 0 fully saturated rings. The molecule has 2 aromatic rings. The fourth-order valence-corrected chi connectivity index (χ4v) is 4.44. The number of hydrogen-bond acceptors (Lipinski definition) is 7. The Labute approximate surface area is 218 Å². The van der Waals surface area contributed by atoms with Crippen LogP contribution in [0, 0.1) is 0 Å². The second-order valence-electron chi connectivity index (χ2n) is 8.59. The van der Waals surface area contributed by atoms with Gasteiger partial charge in [-0.15, -0.1) is 11.3 Å². The number of aromatic nitrogens is 1. The van der Waals surface area contributed by atoms with Gasteiger partial charge in [-0.1, -0.05) is 32.0 Å². The smallest absolute Gasteiger partial charge is 0.254 e. The minimum atomic E-state index is -0.359. The summed E-state index contributed by atoms with van der Waals surface area (Å²) in [6.45, 7) is 9.90. The molecule has 36 heavy (non-hydrogen) atoms. The van der Waals surface area contributed by atoms with E-state index in [1.54, 1.807) is 36.8 Å². The van der Waals surface area contributed by atoms with Gasteiger partial charge in [0.05, 0.1) is 18.7 Å². The first-order chi connectivity index (χ1) is 17.4. The molecule has 0 aliphatic rings. The van der Waals surface area contributed by atoms with Crippen molar-refractivity contribution in [1.82, 2.24) is 20.1 Å². The highest BCUT2D eigenvalue weighted by Crippen LogP contribution is 2.16. The number of nitrogens with zero attached hydrogens (tertiary/aromatic N) is 3. The first-order valence-corrected chi connectivity index (χ1v) is 13.3. The number of ether oxygens (including phenoxy) is 1. The molecule has 1 atom stereocenters. The summed E-state index contributed by atoms with van der Waals surface area (Å²) in [5.41, 5.74) is 1.10. The van der Waals surface area contributed by atoms with E-state index in [9.17, 15) is 14.4 Å². The Morgan fingerprint density at radius 2 is 1.81 bits per heavy atom. The summed E-state index contributed by atoms with van der Waals surface area (Å²) in [7, 11) is 1.55. The first-order valence-electron chi connectivity index (χ1n) is 12.4. The van der Waals surface area contributed by atoms with Crippen LogP contribution in [0.2, 0.25) is 0 Å². The zero-order chi connectivity index (χ0) is 26.3. The minimum Gasteiger partial charge on any atom is -0.383 e. The average molecular weight is 518 g/mol. The predicted octanol–water partition coefficient (Wildman–Crippen LogP) is 3.04. The lowest BCUT2D eigenvalue weighted by Crippen LogP contribution is -2.40. The van der Waals surface area contributed by atoms with Gasteiger partial charge >= 0.3 is 0 Å². The molecule has 0 saturated carbocycles. The van der Waals surface area contributed by atoms with Crippen LogP contribution >= 0.6 is 11.3 Å². The standard InChI is InChI=1S/C26H39N5O4S/c1-5-30(6-2)14-10-11-20(3)27-23(32)17-22-19-36-26(28-22)29-24(33)18-31(15-16-35-4)25(34)21-12-8-7-9-13-21/h7-9,12-13,19-20H,5-6,10-11,14-18H2,1-4H3,(H,27,32)(H,28,29,33). The number of thiazole rings is 1. The number of hydrogen-bond donors (Lipinski definition) is 2. The molecule has 1 aromatic heterocycles. The zero-order valence-corrected chi connectivity index (χ0v) is 22.6. The number of benzene rings is 1. The summed E-state index contributed by atoms with van der Waals surface area (Å²) < 4.78 is 5.09. The van der Waals surface area contributed by atoms with E-state index in [1.165, 1.54) is 16.2 Å². The lowest BCUT2D eigenvalue weighted by molar-refractivity contribution is -0.121. The van der Waals surface area contributed by atoms with Gasteiger partial charge < -0.3 is 25.2 Å². The van der Waals surface area contributed by atoms with Gasteiger partial charge in [-0.2, -0.15) is 0 Å². The third-order valence-electron chi connectivity index (χ3n) is 5.76. The molecule has 0 radical (unpaired) electrons. The first kappa shape index (κ1) is 29.4. The molecule has 0 spiro atoms. The fraction of sp³-hybridized carbons (Fsp3) is 0.538. The summed E-state index contributed by atoms with van der Waals surface area (Å²) in [6, 6.07) is 8.90. The second kappa shape index (κ2) is 16.0. The highest BCUT2D eigenvalue weighted by atomic mass is 32.1. The largest absolute Gasteiger partial charge is 0.383 e. The molecule has 0 aliphatic heterocycles. The lowest BCUT2D eigenvalue weighted by Gasteiger charge is -2.21. The van der Waals surface area contributed by atoms with Crippen molar-refractivity contribution in [2.24, 2.45) is 0 Å². The van der Waals surface area contributed by atoms with E-state index in [4.69, 9.17) is 4.74 Å². The summed E-state index contributed by atoms with van der Waals surface area (Å²) in [6.07, 6.45) is 2.10. The van der Waals surface area contributed by atoms with Crippen molar-refractivity contribution in [3.05, 3.63) is 47.0 Å². The summed E-state index contributed by atoms with van der Waals surface area (Å²) in [5, 5.41) is 7.92. The molecule has 1 aromatic carbocycles.